The molecule has 5 aromatic rings. The third kappa shape index (κ3) is 3.13. The van der Waals surface area contributed by atoms with Crippen LogP contribution in [0.3, 0.4) is 0 Å². The topological polar surface area (TPSA) is 61.8 Å². The van der Waals surface area contributed by atoms with Crippen molar-refractivity contribution in [2.75, 3.05) is 7.11 Å². The molecule has 0 aliphatic heterocycles. The van der Waals surface area contributed by atoms with Crippen LogP contribution in [-0.4, -0.2) is 21.7 Å². The average Bonchev–Trinajstić information content (AvgIpc) is 3.39. The van der Waals surface area contributed by atoms with Gasteiger partial charge < -0.3 is 13.9 Å². The fraction of sp³-hybridized carbons (Fsp3) is 0.100. The Balaban J connectivity index is 1.51. The number of imidazole rings is 1. The molecule has 0 aliphatic rings. The van der Waals surface area contributed by atoms with Gasteiger partial charge in [-0.05, 0) is 40.4 Å². The lowest BCUT2D eigenvalue weighted by Gasteiger charge is -2.08. The number of ether oxygens (including phenoxy) is 2. The fourth-order valence-electron chi connectivity index (χ4n) is 2.99. The van der Waals surface area contributed by atoms with E-state index in [1.807, 2.05) is 54.7 Å². The molecule has 0 amide bonds. The van der Waals surface area contributed by atoms with E-state index in [2.05, 4.69) is 19.3 Å². The third-order valence-corrected chi connectivity index (χ3v) is 5.53. The number of hydrogen-bond acceptors (Lipinski definition) is 6. The van der Waals surface area contributed by atoms with Crippen molar-refractivity contribution >= 4 is 41.8 Å². The number of hydrogen-bond donors (Lipinski definition) is 0. The summed E-state index contributed by atoms with van der Waals surface area (Å²) in [5.74, 6) is 1.45. The Morgan fingerprint density at radius 1 is 1.18 bits per heavy atom. The predicted molar refractivity (Wildman–Crippen MR) is 113 cm³/mol. The minimum absolute atomic E-state index is 0.495. The molecular weight excluding hydrogens is 393 g/mol. The summed E-state index contributed by atoms with van der Waals surface area (Å²) in [6.45, 7) is 0.495. The molecule has 0 bridgehead atoms. The van der Waals surface area contributed by atoms with Gasteiger partial charge in [0.1, 0.15) is 23.6 Å². The number of nitrogens with zero attached hydrogens (tertiary/aromatic N) is 3. The summed E-state index contributed by atoms with van der Waals surface area (Å²) >= 11 is 1.38. The van der Waals surface area contributed by atoms with Gasteiger partial charge in [0.25, 0.3) is 5.19 Å². The van der Waals surface area contributed by atoms with Crippen molar-refractivity contribution < 1.29 is 13.9 Å². The molecule has 140 valence electrons. The van der Waals surface area contributed by atoms with Crippen molar-refractivity contribution in [3.05, 3.63) is 60.3 Å². The van der Waals surface area contributed by atoms with Gasteiger partial charge in [-0.25, -0.2) is 9.50 Å². The summed E-state index contributed by atoms with van der Waals surface area (Å²) in [4.78, 5) is 5.34. The summed E-state index contributed by atoms with van der Waals surface area (Å²) in [5, 5.41) is 6.79. The van der Waals surface area contributed by atoms with E-state index in [0.717, 1.165) is 38.2 Å². The first-order chi connectivity index (χ1) is 13.7. The van der Waals surface area contributed by atoms with E-state index in [1.54, 1.807) is 11.6 Å². The first kappa shape index (κ1) is 17.2. The maximum Gasteiger partial charge on any atom is 0.294 e. The van der Waals surface area contributed by atoms with Gasteiger partial charge in [-0.2, -0.15) is 0 Å². The molecule has 6 nitrogen and oxygen atoms in total. The van der Waals surface area contributed by atoms with Crippen LogP contribution >= 0.6 is 20.6 Å². The second-order valence-electron chi connectivity index (χ2n) is 6.24. The molecule has 8 heteroatoms. The molecule has 2 aromatic carbocycles. The van der Waals surface area contributed by atoms with Crippen LogP contribution in [0, 0.1) is 0 Å². The van der Waals surface area contributed by atoms with E-state index >= 15 is 0 Å². The van der Waals surface area contributed by atoms with Gasteiger partial charge in [0.05, 0.1) is 18.7 Å². The van der Waals surface area contributed by atoms with Crippen molar-refractivity contribution in [1.82, 2.24) is 14.6 Å². The number of aromatic nitrogens is 3. The largest absolute Gasteiger partial charge is 0.488 e. The maximum atomic E-state index is 6.08. The van der Waals surface area contributed by atoms with Gasteiger partial charge in [0.15, 0.2) is 5.76 Å². The third-order valence-electron chi connectivity index (χ3n) is 4.31. The van der Waals surface area contributed by atoms with E-state index in [1.165, 1.54) is 11.3 Å². The molecule has 0 aliphatic carbocycles. The maximum absolute atomic E-state index is 6.08. The average molecular weight is 409 g/mol. The predicted octanol–water partition coefficient (Wildman–Crippen LogP) is 4.29. The zero-order valence-corrected chi connectivity index (χ0v) is 16.9. The monoisotopic (exact) mass is 409 g/mol. The van der Waals surface area contributed by atoms with Gasteiger partial charge >= 0.3 is 0 Å². The SMILES string of the molecule is COc1nn2cc(-c3cc4c(OCc5ccccc5)cc(P)cc4o3)nc2s1. The zero-order valence-electron chi connectivity index (χ0n) is 15.0. The van der Waals surface area contributed by atoms with Gasteiger partial charge in [0.2, 0.25) is 4.96 Å². The minimum Gasteiger partial charge on any atom is -0.488 e. The van der Waals surface area contributed by atoms with E-state index in [0.29, 0.717) is 17.6 Å². The number of methoxy groups -OCH3 is 1. The molecular formula is C20H16N3O3PS. The Bertz CT molecular complexity index is 1240. The second-order valence-corrected chi connectivity index (χ2v) is 7.83. The lowest BCUT2D eigenvalue weighted by atomic mass is 10.2. The van der Waals surface area contributed by atoms with E-state index < -0.39 is 0 Å². The Morgan fingerprint density at radius 3 is 2.82 bits per heavy atom. The lowest BCUT2D eigenvalue weighted by molar-refractivity contribution is 0.310. The zero-order chi connectivity index (χ0) is 19.1. The van der Waals surface area contributed by atoms with Crippen molar-refractivity contribution in [2.45, 2.75) is 6.61 Å². The number of furan rings is 1. The second kappa shape index (κ2) is 6.93. The molecule has 0 spiro atoms. The van der Waals surface area contributed by atoms with E-state index in [4.69, 9.17) is 13.9 Å². The molecule has 0 fully saturated rings. The number of fused-ring (bicyclic) bond motifs is 2. The summed E-state index contributed by atoms with van der Waals surface area (Å²) < 4.78 is 19.0. The van der Waals surface area contributed by atoms with Crippen LogP contribution in [0.2, 0.25) is 0 Å². The number of benzene rings is 2. The Labute approximate surface area is 166 Å². The van der Waals surface area contributed by atoms with E-state index in [9.17, 15) is 0 Å². The highest BCUT2D eigenvalue weighted by Gasteiger charge is 2.16. The van der Waals surface area contributed by atoms with Crippen LogP contribution in [-0.2, 0) is 6.61 Å². The quantitative estimate of drug-likeness (QED) is 0.405. The van der Waals surface area contributed by atoms with Crippen molar-refractivity contribution in [3.8, 4) is 22.4 Å². The van der Waals surface area contributed by atoms with Gasteiger partial charge in [-0.15, -0.1) is 14.3 Å². The summed E-state index contributed by atoms with van der Waals surface area (Å²) in [6.07, 6.45) is 1.83. The molecule has 3 heterocycles. The van der Waals surface area contributed by atoms with Crippen LogP contribution in [0.4, 0.5) is 0 Å². The van der Waals surface area contributed by atoms with Crippen LogP contribution < -0.4 is 14.8 Å². The molecule has 0 saturated carbocycles. The molecule has 1 unspecified atom stereocenters. The number of rotatable bonds is 5. The minimum atomic E-state index is 0.495. The van der Waals surface area contributed by atoms with Crippen LogP contribution in [0.1, 0.15) is 5.56 Å². The van der Waals surface area contributed by atoms with Crippen molar-refractivity contribution in [2.24, 2.45) is 0 Å². The van der Waals surface area contributed by atoms with Gasteiger partial charge in [-0.1, -0.05) is 30.3 Å². The highest BCUT2D eigenvalue weighted by Crippen LogP contribution is 2.34. The Hall–Kier alpha value is -2.89. The first-order valence-corrected chi connectivity index (χ1v) is 9.99. The normalized spacial score (nSPS) is 11.4. The van der Waals surface area contributed by atoms with Crippen molar-refractivity contribution in [3.63, 3.8) is 0 Å². The molecule has 0 N–H and O–H groups in total. The van der Waals surface area contributed by atoms with Crippen LogP contribution in [0.15, 0.2) is 59.1 Å². The molecule has 1 atom stereocenters. The summed E-state index contributed by atoms with van der Waals surface area (Å²) in [7, 11) is 4.29. The van der Waals surface area contributed by atoms with Gasteiger partial charge in [-0.3, -0.25) is 0 Å². The highest BCUT2D eigenvalue weighted by molar-refractivity contribution is 7.27. The molecule has 0 saturated heterocycles. The van der Waals surface area contributed by atoms with Crippen LogP contribution in [0.25, 0.3) is 27.4 Å². The highest BCUT2D eigenvalue weighted by atomic mass is 32.1. The standard InChI is InChI=1S/C20H16N3O3PS/c1-24-20-22-23-10-15(21-19(23)28-20)18-9-14-16(7-13(27)8-17(14)26-18)25-11-12-5-3-2-4-6-12/h2-10H,11,27H2,1H3. The van der Waals surface area contributed by atoms with Crippen molar-refractivity contribution in [1.29, 1.82) is 0 Å². The van der Waals surface area contributed by atoms with Gasteiger partial charge in [0, 0.05) is 0 Å². The smallest absolute Gasteiger partial charge is 0.294 e. The first-order valence-electron chi connectivity index (χ1n) is 8.60. The lowest BCUT2D eigenvalue weighted by Crippen LogP contribution is -1.98. The molecule has 0 radical (unpaired) electrons. The van der Waals surface area contributed by atoms with Crippen LogP contribution in [0.5, 0.6) is 10.9 Å². The fourth-order valence-corrected chi connectivity index (χ4v) is 3.99. The molecule has 5 rings (SSSR count). The summed E-state index contributed by atoms with van der Waals surface area (Å²) in [6, 6.07) is 16.0. The summed E-state index contributed by atoms with van der Waals surface area (Å²) in [5.41, 5.74) is 2.59. The molecule has 28 heavy (non-hydrogen) atoms. The Morgan fingerprint density at radius 2 is 2.04 bits per heavy atom. The molecule has 3 aromatic heterocycles. The Kier molecular flexibility index (Phi) is 4.26. The van der Waals surface area contributed by atoms with E-state index in [-0.39, 0.29) is 0 Å².